The molecule has 1 amide bonds. The molecule has 1 aliphatic carbocycles. The Bertz CT molecular complexity index is 504. The van der Waals surface area contributed by atoms with E-state index in [1.807, 2.05) is 12.1 Å². The van der Waals surface area contributed by atoms with Gasteiger partial charge in [0.25, 0.3) is 5.91 Å². The lowest BCUT2D eigenvalue weighted by Gasteiger charge is -2.26. The van der Waals surface area contributed by atoms with E-state index >= 15 is 0 Å². The highest BCUT2D eigenvalue weighted by molar-refractivity contribution is 7.14. The minimum absolute atomic E-state index is 0.0226. The van der Waals surface area contributed by atoms with Crippen LogP contribution < -0.4 is 11.1 Å². The lowest BCUT2D eigenvalue weighted by atomic mass is 9.83. The average molecular weight is 290 g/mol. The summed E-state index contributed by atoms with van der Waals surface area (Å²) >= 11 is 1.43. The zero-order valence-electron chi connectivity index (χ0n) is 11.9. The standard InChI is InChI=1S/C16H22N2OS/c1-12-4-6-13(7-5-12)11-18-16(19)15-9-8-14(20-15)3-2-10-17/h8-9,12-13H,4-7,10-11,17H2,1H3,(H,18,19). The molecule has 0 aromatic carbocycles. The van der Waals surface area contributed by atoms with Crippen molar-refractivity contribution >= 4 is 17.2 Å². The van der Waals surface area contributed by atoms with Gasteiger partial charge in [0, 0.05) is 6.54 Å². The van der Waals surface area contributed by atoms with Gasteiger partial charge in [-0.25, -0.2) is 0 Å². The van der Waals surface area contributed by atoms with Gasteiger partial charge in [0.05, 0.1) is 16.3 Å². The Labute approximate surface area is 124 Å². The number of rotatable bonds is 3. The molecule has 2 rings (SSSR count). The second kappa shape index (κ2) is 7.47. The van der Waals surface area contributed by atoms with Gasteiger partial charge < -0.3 is 11.1 Å². The number of amides is 1. The zero-order valence-corrected chi connectivity index (χ0v) is 12.8. The van der Waals surface area contributed by atoms with Crippen molar-refractivity contribution in [3.63, 3.8) is 0 Å². The monoisotopic (exact) mass is 290 g/mol. The van der Waals surface area contributed by atoms with Gasteiger partial charge in [0.1, 0.15) is 0 Å². The van der Waals surface area contributed by atoms with Crippen molar-refractivity contribution in [2.45, 2.75) is 32.6 Å². The molecule has 1 saturated carbocycles. The van der Waals surface area contributed by atoms with Crippen molar-refractivity contribution < 1.29 is 4.79 Å². The van der Waals surface area contributed by atoms with Crippen molar-refractivity contribution in [3.05, 3.63) is 21.9 Å². The maximum atomic E-state index is 12.1. The number of carbonyl (C=O) groups is 1. The van der Waals surface area contributed by atoms with Crippen LogP contribution in [0.25, 0.3) is 0 Å². The highest BCUT2D eigenvalue weighted by Crippen LogP contribution is 2.27. The summed E-state index contributed by atoms with van der Waals surface area (Å²) in [5.74, 6) is 7.27. The van der Waals surface area contributed by atoms with Crippen LogP contribution in [0.1, 0.15) is 47.2 Å². The molecule has 1 fully saturated rings. The molecular formula is C16H22N2OS. The topological polar surface area (TPSA) is 55.1 Å². The first-order valence-electron chi connectivity index (χ1n) is 7.26. The zero-order chi connectivity index (χ0) is 14.4. The number of nitrogens with one attached hydrogen (secondary N) is 1. The molecule has 0 aliphatic heterocycles. The molecular weight excluding hydrogens is 268 g/mol. The second-order valence-corrected chi connectivity index (χ2v) is 6.59. The maximum Gasteiger partial charge on any atom is 0.261 e. The normalized spacial score (nSPS) is 21.9. The largest absolute Gasteiger partial charge is 0.351 e. The quantitative estimate of drug-likeness (QED) is 0.841. The summed E-state index contributed by atoms with van der Waals surface area (Å²) in [5, 5.41) is 3.05. The molecule has 1 aromatic rings. The lowest BCUT2D eigenvalue weighted by Crippen LogP contribution is -2.30. The minimum atomic E-state index is 0.0226. The molecule has 1 heterocycles. The van der Waals surface area contributed by atoms with Crippen LogP contribution in [0, 0.1) is 23.7 Å². The molecule has 0 atom stereocenters. The number of thiophene rings is 1. The first kappa shape index (κ1) is 15.1. The Morgan fingerprint density at radius 3 is 2.85 bits per heavy atom. The van der Waals surface area contributed by atoms with Gasteiger partial charge in [-0.05, 0) is 36.8 Å². The van der Waals surface area contributed by atoms with Crippen LogP contribution in [0.5, 0.6) is 0 Å². The van der Waals surface area contributed by atoms with E-state index < -0.39 is 0 Å². The van der Waals surface area contributed by atoms with Gasteiger partial charge in [-0.3, -0.25) is 4.79 Å². The summed E-state index contributed by atoms with van der Waals surface area (Å²) in [6, 6.07) is 3.72. The number of carbonyl (C=O) groups excluding carboxylic acids is 1. The Balaban J connectivity index is 1.81. The fourth-order valence-electron chi connectivity index (χ4n) is 2.52. The van der Waals surface area contributed by atoms with Gasteiger partial charge in [-0.15, -0.1) is 11.3 Å². The summed E-state index contributed by atoms with van der Waals surface area (Å²) in [5.41, 5.74) is 5.33. The van der Waals surface area contributed by atoms with Crippen LogP contribution >= 0.6 is 11.3 Å². The highest BCUT2D eigenvalue weighted by Gasteiger charge is 2.19. The second-order valence-electron chi connectivity index (χ2n) is 5.51. The van der Waals surface area contributed by atoms with E-state index in [4.69, 9.17) is 5.73 Å². The van der Waals surface area contributed by atoms with Gasteiger partial charge in [-0.1, -0.05) is 31.6 Å². The van der Waals surface area contributed by atoms with Crippen LogP contribution in [0.2, 0.25) is 0 Å². The predicted molar refractivity (Wildman–Crippen MR) is 83.7 cm³/mol. The van der Waals surface area contributed by atoms with E-state index in [0.717, 1.165) is 22.2 Å². The Hall–Kier alpha value is -1.31. The van der Waals surface area contributed by atoms with Crippen LogP contribution in [-0.4, -0.2) is 19.0 Å². The molecule has 20 heavy (non-hydrogen) atoms. The fraction of sp³-hybridized carbons (Fsp3) is 0.562. The van der Waals surface area contributed by atoms with E-state index in [1.54, 1.807) is 0 Å². The predicted octanol–water partition coefficient (Wildman–Crippen LogP) is 2.61. The third-order valence-corrected chi connectivity index (χ3v) is 4.83. The third kappa shape index (κ3) is 4.36. The Morgan fingerprint density at radius 2 is 2.15 bits per heavy atom. The summed E-state index contributed by atoms with van der Waals surface area (Å²) < 4.78 is 0. The molecule has 0 saturated heterocycles. The molecule has 0 unspecified atom stereocenters. The molecule has 3 nitrogen and oxygen atoms in total. The van der Waals surface area contributed by atoms with Gasteiger partial charge in [-0.2, -0.15) is 0 Å². The summed E-state index contributed by atoms with van der Waals surface area (Å²) in [7, 11) is 0. The van der Waals surface area contributed by atoms with E-state index in [2.05, 4.69) is 24.1 Å². The molecule has 4 heteroatoms. The van der Waals surface area contributed by atoms with E-state index in [0.29, 0.717) is 12.5 Å². The van der Waals surface area contributed by atoms with Gasteiger partial charge >= 0.3 is 0 Å². The third-order valence-electron chi connectivity index (χ3n) is 3.83. The van der Waals surface area contributed by atoms with Crippen molar-refractivity contribution in [2.75, 3.05) is 13.1 Å². The van der Waals surface area contributed by atoms with Crippen molar-refractivity contribution in [1.29, 1.82) is 0 Å². The van der Waals surface area contributed by atoms with Crippen molar-refractivity contribution in [2.24, 2.45) is 17.6 Å². The lowest BCUT2D eigenvalue weighted by molar-refractivity contribution is 0.0946. The first-order chi connectivity index (χ1) is 9.69. The van der Waals surface area contributed by atoms with Gasteiger partial charge in [0.2, 0.25) is 0 Å². The Morgan fingerprint density at radius 1 is 1.40 bits per heavy atom. The number of hydrogen-bond acceptors (Lipinski definition) is 3. The molecule has 1 aliphatic rings. The summed E-state index contributed by atoms with van der Waals surface area (Å²) in [4.78, 5) is 13.7. The molecule has 0 spiro atoms. The summed E-state index contributed by atoms with van der Waals surface area (Å²) in [6.45, 7) is 3.46. The maximum absolute atomic E-state index is 12.1. The SMILES string of the molecule is CC1CCC(CNC(=O)c2ccc(C#CCN)s2)CC1. The first-order valence-corrected chi connectivity index (χ1v) is 8.07. The van der Waals surface area contributed by atoms with Crippen LogP contribution in [0.3, 0.4) is 0 Å². The van der Waals surface area contributed by atoms with E-state index in [9.17, 15) is 4.79 Å². The molecule has 108 valence electrons. The minimum Gasteiger partial charge on any atom is -0.351 e. The number of hydrogen-bond donors (Lipinski definition) is 2. The van der Waals surface area contributed by atoms with E-state index in [1.165, 1.54) is 37.0 Å². The smallest absolute Gasteiger partial charge is 0.261 e. The number of nitrogens with two attached hydrogens (primary N) is 1. The molecule has 1 aromatic heterocycles. The summed E-state index contributed by atoms with van der Waals surface area (Å²) in [6.07, 6.45) is 5.05. The van der Waals surface area contributed by atoms with Crippen LogP contribution in [0.15, 0.2) is 12.1 Å². The van der Waals surface area contributed by atoms with Gasteiger partial charge in [0.15, 0.2) is 0 Å². The fourth-order valence-corrected chi connectivity index (χ4v) is 3.32. The van der Waals surface area contributed by atoms with Crippen LogP contribution in [-0.2, 0) is 0 Å². The molecule has 0 bridgehead atoms. The molecule has 0 radical (unpaired) electrons. The Kier molecular flexibility index (Phi) is 5.63. The van der Waals surface area contributed by atoms with Crippen LogP contribution in [0.4, 0.5) is 0 Å². The average Bonchev–Trinajstić information content (AvgIpc) is 2.93. The van der Waals surface area contributed by atoms with E-state index in [-0.39, 0.29) is 5.91 Å². The highest BCUT2D eigenvalue weighted by atomic mass is 32.1. The molecule has 3 N–H and O–H groups in total. The van der Waals surface area contributed by atoms with Crippen molar-refractivity contribution in [3.8, 4) is 11.8 Å². The van der Waals surface area contributed by atoms with Crippen molar-refractivity contribution in [1.82, 2.24) is 5.32 Å².